The highest BCUT2D eigenvalue weighted by atomic mass is 79.9. The van der Waals surface area contributed by atoms with Crippen LogP contribution in [0.5, 0.6) is 5.75 Å². The fourth-order valence-corrected chi connectivity index (χ4v) is 4.90. The summed E-state index contributed by atoms with van der Waals surface area (Å²) in [7, 11) is 0. The topological polar surface area (TPSA) is 67.4 Å². The van der Waals surface area contributed by atoms with Crippen molar-refractivity contribution >= 4 is 49.3 Å². The number of hydrogen-bond donors (Lipinski definition) is 0. The molecule has 0 bridgehead atoms. The lowest BCUT2D eigenvalue weighted by Gasteiger charge is -2.10. The zero-order valence-electron chi connectivity index (χ0n) is 16.1. The molecule has 2 aromatic heterocycles. The molecule has 5 rings (SSSR count). The van der Waals surface area contributed by atoms with Gasteiger partial charge >= 0.3 is 0 Å². The van der Waals surface area contributed by atoms with Gasteiger partial charge in [-0.25, -0.2) is 9.38 Å². The number of imidazole rings is 1. The molecule has 150 valence electrons. The van der Waals surface area contributed by atoms with E-state index in [1.807, 2.05) is 66.7 Å². The van der Waals surface area contributed by atoms with Gasteiger partial charge in [0.2, 0.25) is 0 Å². The number of halogens is 1. The monoisotopic (exact) mass is 487 g/mol. The van der Waals surface area contributed by atoms with E-state index in [1.165, 1.54) is 11.3 Å². The van der Waals surface area contributed by atoms with Crippen LogP contribution in [0.2, 0.25) is 0 Å². The Kier molecular flexibility index (Phi) is 5.02. The molecule has 3 aromatic carbocycles. The fraction of sp³-hybridized carbons (Fsp3) is 0.0417. The summed E-state index contributed by atoms with van der Waals surface area (Å²) < 4.78 is 8.95. The Morgan fingerprint density at radius 2 is 1.94 bits per heavy atom. The van der Waals surface area contributed by atoms with E-state index in [9.17, 15) is 10.1 Å². The van der Waals surface area contributed by atoms with Crippen molar-refractivity contribution in [1.82, 2.24) is 9.38 Å². The first-order valence-corrected chi connectivity index (χ1v) is 11.1. The van der Waals surface area contributed by atoms with Crippen LogP contribution in [0.4, 0.5) is 0 Å². The summed E-state index contributed by atoms with van der Waals surface area (Å²) in [6.07, 6.45) is 1.86. The van der Waals surface area contributed by atoms with Gasteiger partial charge in [-0.1, -0.05) is 47.7 Å². The SMILES string of the molecule is N#Cc1ccccc1COc1ccc(/C=c2\sc3nc4ccccc4n3c2=O)cc1Br. The largest absolute Gasteiger partial charge is 0.488 e. The summed E-state index contributed by atoms with van der Waals surface area (Å²) in [5, 5.41) is 9.21. The number of fused-ring (bicyclic) bond motifs is 3. The first-order chi connectivity index (χ1) is 15.1. The zero-order chi connectivity index (χ0) is 21.4. The van der Waals surface area contributed by atoms with Crippen LogP contribution in [0, 0.1) is 11.3 Å². The van der Waals surface area contributed by atoms with Crippen molar-refractivity contribution in [3.8, 4) is 11.8 Å². The maximum atomic E-state index is 12.9. The molecule has 0 atom stereocenters. The van der Waals surface area contributed by atoms with Crippen molar-refractivity contribution in [3.05, 3.63) is 103 Å². The normalized spacial score (nSPS) is 11.8. The van der Waals surface area contributed by atoms with Crippen LogP contribution in [0.1, 0.15) is 16.7 Å². The number of thiazole rings is 1. The van der Waals surface area contributed by atoms with Crippen molar-refractivity contribution in [2.24, 2.45) is 0 Å². The van der Waals surface area contributed by atoms with Gasteiger partial charge in [-0.15, -0.1) is 0 Å². The van der Waals surface area contributed by atoms with E-state index in [-0.39, 0.29) is 5.56 Å². The predicted octanol–water partition coefficient (Wildman–Crippen LogP) is 4.67. The molecular weight excluding hydrogens is 474 g/mol. The van der Waals surface area contributed by atoms with Crippen molar-refractivity contribution < 1.29 is 4.74 Å². The maximum absolute atomic E-state index is 12.9. The molecule has 5 aromatic rings. The Balaban J connectivity index is 1.45. The third kappa shape index (κ3) is 3.61. The van der Waals surface area contributed by atoms with Crippen LogP contribution in [0.25, 0.3) is 22.1 Å². The van der Waals surface area contributed by atoms with E-state index >= 15 is 0 Å². The average molecular weight is 488 g/mol. The molecule has 0 fully saturated rings. The number of benzene rings is 3. The van der Waals surface area contributed by atoms with Gasteiger partial charge in [0.25, 0.3) is 5.56 Å². The lowest BCUT2D eigenvalue weighted by Crippen LogP contribution is -2.22. The molecule has 5 nitrogen and oxygen atoms in total. The summed E-state index contributed by atoms with van der Waals surface area (Å²) in [4.78, 5) is 18.2. The quantitative estimate of drug-likeness (QED) is 0.369. The van der Waals surface area contributed by atoms with Gasteiger partial charge in [-0.3, -0.25) is 4.79 Å². The van der Waals surface area contributed by atoms with Crippen LogP contribution < -0.4 is 14.8 Å². The maximum Gasteiger partial charge on any atom is 0.274 e. The van der Waals surface area contributed by atoms with E-state index in [2.05, 4.69) is 27.0 Å². The minimum atomic E-state index is -0.0711. The molecule has 0 aliphatic heterocycles. The molecule has 0 saturated heterocycles. The predicted molar refractivity (Wildman–Crippen MR) is 125 cm³/mol. The Hall–Kier alpha value is -3.47. The first-order valence-electron chi connectivity index (χ1n) is 9.46. The average Bonchev–Trinajstić information content (AvgIpc) is 3.29. The standard InChI is InChI=1S/C24H14BrN3O2S/c25-18-11-15(9-10-21(18)30-14-17-6-2-1-5-16(17)13-26)12-22-23(29)28-20-8-4-3-7-19(20)27-24(28)31-22/h1-12H,14H2/b22-12-. The molecule has 0 amide bonds. The Morgan fingerprint density at radius 3 is 2.77 bits per heavy atom. The Labute approximate surface area is 189 Å². The lowest BCUT2D eigenvalue weighted by molar-refractivity contribution is 0.304. The number of nitrogens with zero attached hydrogens (tertiary/aromatic N) is 3. The second-order valence-corrected chi connectivity index (χ2v) is 8.75. The van der Waals surface area contributed by atoms with Gasteiger partial charge in [0.15, 0.2) is 4.96 Å². The van der Waals surface area contributed by atoms with Gasteiger partial charge in [0.1, 0.15) is 12.4 Å². The highest BCUT2D eigenvalue weighted by Crippen LogP contribution is 2.27. The van der Waals surface area contributed by atoms with Gasteiger partial charge in [0.05, 0.1) is 31.7 Å². The van der Waals surface area contributed by atoms with Crippen LogP contribution in [-0.4, -0.2) is 9.38 Å². The van der Waals surface area contributed by atoms with E-state index in [0.29, 0.717) is 27.4 Å². The summed E-state index contributed by atoms with van der Waals surface area (Å²) >= 11 is 4.92. The van der Waals surface area contributed by atoms with Crippen molar-refractivity contribution in [3.63, 3.8) is 0 Å². The van der Waals surface area contributed by atoms with Crippen LogP contribution in [-0.2, 0) is 6.61 Å². The molecule has 0 aliphatic carbocycles. The van der Waals surface area contributed by atoms with Gasteiger partial charge < -0.3 is 4.74 Å². The number of para-hydroxylation sites is 2. The molecule has 0 spiro atoms. The van der Waals surface area contributed by atoms with Crippen molar-refractivity contribution in [2.75, 3.05) is 0 Å². The van der Waals surface area contributed by atoms with Crippen LogP contribution in [0.3, 0.4) is 0 Å². The minimum Gasteiger partial charge on any atom is -0.488 e. The van der Waals surface area contributed by atoms with Gasteiger partial charge in [-0.05, 0) is 57.9 Å². The van der Waals surface area contributed by atoms with Gasteiger partial charge in [0, 0.05) is 5.56 Å². The molecule has 0 saturated carbocycles. The molecule has 0 N–H and O–H groups in total. The molecule has 0 radical (unpaired) electrons. The second-order valence-electron chi connectivity index (χ2n) is 6.88. The summed E-state index contributed by atoms with van der Waals surface area (Å²) in [6.45, 7) is 0.297. The number of hydrogen-bond acceptors (Lipinski definition) is 5. The lowest BCUT2D eigenvalue weighted by atomic mass is 10.1. The number of ether oxygens (including phenoxy) is 1. The van der Waals surface area contributed by atoms with E-state index < -0.39 is 0 Å². The smallest absolute Gasteiger partial charge is 0.274 e. The summed E-state index contributed by atoms with van der Waals surface area (Å²) in [5.41, 5.74) is 3.88. The highest BCUT2D eigenvalue weighted by Gasteiger charge is 2.11. The number of nitriles is 1. The Morgan fingerprint density at radius 1 is 1.13 bits per heavy atom. The third-order valence-corrected chi connectivity index (χ3v) is 6.51. The van der Waals surface area contributed by atoms with E-state index in [4.69, 9.17) is 4.74 Å². The van der Waals surface area contributed by atoms with Crippen LogP contribution >= 0.6 is 27.3 Å². The second kappa shape index (κ2) is 7.99. The van der Waals surface area contributed by atoms with Crippen molar-refractivity contribution in [2.45, 2.75) is 6.61 Å². The number of rotatable bonds is 4. The van der Waals surface area contributed by atoms with E-state index in [1.54, 1.807) is 10.5 Å². The van der Waals surface area contributed by atoms with E-state index in [0.717, 1.165) is 26.6 Å². The third-order valence-electron chi connectivity index (χ3n) is 4.92. The molecule has 7 heteroatoms. The van der Waals surface area contributed by atoms with Gasteiger partial charge in [-0.2, -0.15) is 5.26 Å². The molecule has 31 heavy (non-hydrogen) atoms. The summed E-state index contributed by atoms with van der Waals surface area (Å²) in [6, 6.07) is 22.8. The van der Waals surface area contributed by atoms with Crippen LogP contribution in [0.15, 0.2) is 76.0 Å². The molecule has 0 unspecified atom stereocenters. The highest BCUT2D eigenvalue weighted by molar-refractivity contribution is 9.10. The molecule has 2 heterocycles. The summed E-state index contributed by atoms with van der Waals surface area (Å²) in [5.74, 6) is 0.666. The minimum absolute atomic E-state index is 0.0711. The first kappa shape index (κ1) is 19.5. The molecular formula is C24H14BrN3O2S. The fourth-order valence-electron chi connectivity index (χ4n) is 3.40. The number of aromatic nitrogens is 2. The molecule has 0 aliphatic rings. The van der Waals surface area contributed by atoms with Crippen molar-refractivity contribution in [1.29, 1.82) is 5.26 Å². The Bertz CT molecular complexity index is 1600. The zero-order valence-corrected chi connectivity index (χ0v) is 18.5.